The summed E-state index contributed by atoms with van der Waals surface area (Å²) in [7, 11) is 0. The minimum atomic E-state index is -0.783. The molecule has 1 aromatic rings. The third-order valence-corrected chi connectivity index (χ3v) is 3.01. The van der Waals surface area contributed by atoms with Gasteiger partial charge in [0.2, 0.25) is 0 Å². The SMILES string of the molecule is CC(CCCC(C)C(=O)O)NC(=O)Oc1ccccc1. The third-order valence-electron chi connectivity index (χ3n) is 3.01. The van der Waals surface area contributed by atoms with Crippen LogP contribution >= 0.6 is 0 Å². The molecule has 5 nitrogen and oxygen atoms in total. The fraction of sp³-hybridized carbons (Fsp3) is 0.467. The van der Waals surface area contributed by atoms with Crippen molar-refractivity contribution in [2.45, 2.75) is 39.2 Å². The van der Waals surface area contributed by atoms with Crippen molar-refractivity contribution in [1.29, 1.82) is 0 Å². The number of carbonyl (C=O) groups is 2. The van der Waals surface area contributed by atoms with E-state index in [4.69, 9.17) is 9.84 Å². The maximum absolute atomic E-state index is 11.6. The Morgan fingerprint density at radius 3 is 2.45 bits per heavy atom. The summed E-state index contributed by atoms with van der Waals surface area (Å²) in [5.74, 6) is -0.635. The van der Waals surface area contributed by atoms with Crippen LogP contribution in [0.3, 0.4) is 0 Å². The van der Waals surface area contributed by atoms with Crippen LogP contribution in [0.2, 0.25) is 0 Å². The summed E-state index contributed by atoms with van der Waals surface area (Å²) < 4.78 is 5.11. The fourth-order valence-corrected chi connectivity index (χ4v) is 1.75. The molecule has 0 fully saturated rings. The van der Waals surface area contributed by atoms with E-state index in [1.54, 1.807) is 31.2 Å². The second-order valence-corrected chi connectivity index (χ2v) is 4.92. The Kier molecular flexibility index (Phi) is 6.56. The van der Waals surface area contributed by atoms with Gasteiger partial charge in [-0.2, -0.15) is 0 Å². The highest BCUT2D eigenvalue weighted by Crippen LogP contribution is 2.11. The summed E-state index contributed by atoms with van der Waals surface area (Å²) in [6.45, 7) is 3.56. The average Bonchev–Trinajstić information content (AvgIpc) is 2.39. The van der Waals surface area contributed by atoms with Crippen molar-refractivity contribution in [3.63, 3.8) is 0 Å². The second kappa shape index (κ2) is 8.19. The van der Waals surface area contributed by atoms with Crippen LogP contribution < -0.4 is 10.1 Å². The zero-order chi connectivity index (χ0) is 15.0. The van der Waals surface area contributed by atoms with Gasteiger partial charge in [0.25, 0.3) is 0 Å². The van der Waals surface area contributed by atoms with Crippen molar-refractivity contribution >= 4 is 12.1 Å². The average molecular weight is 279 g/mol. The van der Waals surface area contributed by atoms with Gasteiger partial charge in [0.15, 0.2) is 0 Å². The molecule has 0 aliphatic carbocycles. The fourth-order valence-electron chi connectivity index (χ4n) is 1.75. The first-order valence-corrected chi connectivity index (χ1v) is 6.75. The highest BCUT2D eigenvalue weighted by molar-refractivity contribution is 5.70. The summed E-state index contributed by atoms with van der Waals surface area (Å²) in [5, 5.41) is 11.5. The Morgan fingerprint density at radius 1 is 1.20 bits per heavy atom. The predicted molar refractivity (Wildman–Crippen MR) is 75.7 cm³/mol. The normalized spacial score (nSPS) is 13.3. The minimum Gasteiger partial charge on any atom is -0.481 e. The molecule has 20 heavy (non-hydrogen) atoms. The number of ether oxygens (including phenoxy) is 1. The Labute approximate surface area is 118 Å². The van der Waals surface area contributed by atoms with Gasteiger partial charge in [-0.25, -0.2) is 4.79 Å². The Hall–Kier alpha value is -2.04. The first kappa shape index (κ1) is 16.0. The summed E-state index contributed by atoms with van der Waals surface area (Å²) in [6, 6.07) is 8.79. The van der Waals surface area contributed by atoms with Gasteiger partial charge < -0.3 is 15.2 Å². The van der Waals surface area contributed by atoms with Crippen molar-refractivity contribution in [1.82, 2.24) is 5.32 Å². The van der Waals surface area contributed by atoms with Crippen LogP contribution in [-0.2, 0) is 4.79 Å². The lowest BCUT2D eigenvalue weighted by Gasteiger charge is -2.14. The molecule has 1 aromatic carbocycles. The van der Waals surface area contributed by atoms with Crippen LogP contribution in [0.25, 0.3) is 0 Å². The number of aliphatic carboxylic acids is 1. The molecule has 2 atom stereocenters. The lowest BCUT2D eigenvalue weighted by molar-refractivity contribution is -0.141. The van der Waals surface area contributed by atoms with E-state index in [0.29, 0.717) is 12.2 Å². The van der Waals surface area contributed by atoms with E-state index in [1.807, 2.05) is 13.0 Å². The van der Waals surface area contributed by atoms with Crippen molar-refractivity contribution in [2.75, 3.05) is 0 Å². The molecular formula is C15H21NO4. The number of hydrogen-bond donors (Lipinski definition) is 2. The molecular weight excluding hydrogens is 258 g/mol. The van der Waals surface area contributed by atoms with Crippen molar-refractivity contribution in [3.05, 3.63) is 30.3 Å². The number of nitrogens with one attached hydrogen (secondary N) is 1. The minimum absolute atomic E-state index is 0.0489. The first-order valence-electron chi connectivity index (χ1n) is 6.75. The molecule has 0 radical (unpaired) electrons. The van der Waals surface area contributed by atoms with Crippen LogP contribution in [-0.4, -0.2) is 23.2 Å². The summed E-state index contributed by atoms with van der Waals surface area (Å²) in [6.07, 6.45) is 1.59. The Bertz CT molecular complexity index is 433. The van der Waals surface area contributed by atoms with Crippen molar-refractivity contribution in [3.8, 4) is 5.75 Å². The van der Waals surface area contributed by atoms with E-state index in [-0.39, 0.29) is 12.0 Å². The van der Waals surface area contributed by atoms with E-state index in [2.05, 4.69) is 5.32 Å². The van der Waals surface area contributed by atoms with Crippen LogP contribution in [0.1, 0.15) is 33.1 Å². The highest BCUT2D eigenvalue weighted by atomic mass is 16.6. The maximum Gasteiger partial charge on any atom is 0.412 e. The van der Waals surface area contributed by atoms with Crippen molar-refractivity contribution in [2.24, 2.45) is 5.92 Å². The van der Waals surface area contributed by atoms with E-state index < -0.39 is 12.1 Å². The molecule has 0 aliphatic heterocycles. The summed E-state index contributed by atoms with van der Waals surface area (Å²) >= 11 is 0. The van der Waals surface area contributed by atoms with E-state index in [9.17, 15) is 9.59 Å². The van der Waals surface area contributed by atoms with E-state index in [0.717, 1.165) is 12.8 Å². The van der Waals surface area contributed by atoms with Gasteiger partial charge in [-0.15, -0.1) is 0 Å². The number of para-hydroxylation sites is 1. The van der Waals surface area contributed by atoms with Gasteiger partial charge in [-0.1, -0.05) is 31.5 Å². The Balaban J connectivity index is 2.23. The van der Waals surface area contributed by atoms with Gasteiger partial charge in [-0.05, 0) is 31.9 Å². The zero-order valence-corrected chi connectivity index (χ0v) is 11.8. The van der Waals surface area contributed by atoms with E-state index >= 15 is 0 Å². The number of carbonyl (C=O) groups excluding carboxylic acids is 1. The molecule has 0 aliphatic rings. The van der Waals surface area contributed by atoms with Gasteiger partial charge in [-0.3, -0.25) is 4.79 Å². The first-order chi connectivity index (χ1) is 9.49. The smallest absolute Gasteiger partial charge is 0.412 e. The summed E-state index contributed by atoms with van der Waals surface area (Å²) in [4.78, 5) is 22.3. The van der Waals surface area contributed by atoms with Crippen LogP contribution in [0.15, 0.2) is 30.3 Å². The van der Waals surface area contributed by atoms with Crippen LogP contribution in [0.5, 0.6) is 5.75 Å². The largest absolute Gasteiger partial charge is 0.481 e. The van der Waals surface area contributed by atoms with Gasteiger partial charge in [0.1, 0.15) is 5.75 Å². The molecule has 1 rings (SSSR count). The molecule has 0 aromatic heterocycles. The lowest BCUT2D eigenvalue weighted by Crippen LogP contribution is -2.34. The number of benzene rings is 1. The molecule has 0 heterocycles. The topological polar surface area (TPSA) is 75.6 Å². The van der Waals surface area contributed by atoms with Crippen LogP contribution in [0.4, 0.5) is 4.79 Å². The molecule has 1 amide bonds. The molecule has 0 spiro atoms. The highest BCUT2D eigenvalue weighted by Gasteiger charge is 2.13. The van der Waals surface area contributed by atoms with Gasteiger partial charge in [0, 0.05) is 6.04 Å². The van der Waals surface area contributed by atoms with Gasteiger partial charge in [0.05, 0.1) is 5.92 Å². The summed E-state index contributed by atoms with van der Waals surface area (Å²) in [5.41, 5.74) is 0. The third kappa shape index (κ3) is 6.22. The molecule has 5 heteroatoms. The quantitative estimate of drug-likeness (QED) is 0.804. The number of hydrogen-bond acceptors (Lipinski definition) is 3. The Morgan fingerprint density at radius 2 is 1.85 bits per heavy atom. The standard InChI is InChI=1S/C15H21NO4/c1-11(14(17)18)7-6-8-12(2)16-15(19)20-13-9-4-3-5-10-13/h3-5,9-12H,6-8H2,1-2H3,(H,16,19)(H,17,18). The maximum atomic E-state index is 11.6. The molecule has 0 saturated heterocycles. The number of carboxylic acids is 1. The molecule has 0 bridgehead atoms. The number of rotatable bonds is 7. The predicted octanol–water partition coefficient (Wildman–Crippen LogP) is 3.05. The lowest BCUT2D eigenvalue weighted by atomic mass is 10.0. The second-order valence-electron chi connectivity index (χ2n) is 4.92. The van der Waals surface area contributed by atoms with Gasteiger partial charge >= 0.3 is 12.1 Å². The molecule has 110 valence electrons. The monoisotopic (exact) mass is 279 g/mol. The number of carboxylic acid groups (broad SMARTS) is 1. The number of amides is 1. The molecule has 2 N–H and O–H groups in total. The van der Waals surface area contributed by atoms with Crippen LogP contribution in [0, 0.1) is 5.92 Å². The van der Waals surface area contributed by atoms with Crippen molar-refractivity contribution < 1.29 is 19.4 Å². The van der Waals surface area contributed by atoms with E-state index in [1.165, 1.54) is 0 Å². The zero-order valence-electron chi connectivity index (χ0n) is 11.8. The molecule has 0 saturated carbocycles. The molecule has 2 unspecified atom stereocenters.